The topological polar surface area (TPSA) is 55.1 Å². The molecule has 1 aromatic carbocycles. The fourth-order valence-corrected chi connectivity index (χ4v) is 2.37. The van der Waals surface area contributed by atoms with Crippen molar-refractivity contribution in [3.05, 3.63) is 26.7 Å². The molecule has 0 heterocycles. The number of anilines is 1. The first-order chi connectivity index (χ1) is 7.45. The number of carbonyl (C=O) groups excluding carboxylic acids is 1. The van der Waals surface area contributed by atoms with Gasteiger partial charge in [-0.15, -0.1) is 0 Å². The first-order valence-corrected chi connectivity index (χ1v) is 6.21. The van der Waals surface area contributed by atoms with E-state index in [9.17, 15) is 4.79 Å². The van der Waals surface area contributed by atoms with Crippen molar-refractivity contribution < 1.29 is 4.79 Å². The summed E-state index contributed by atoms with van der Waals surface area (Å²) in [7, 11) is 0. The van der Waals surface area contributed by atoms with Crippen molar-refractivity contribution in [2.75, 3.05) is 5.32 Å². The van der Waals surface area contributed by atoms with Crippen LogP contribution in [0, 0.1) is 0 Å². The van der Waals surface area contributed by atoms with Gasteiger partial charge in [-0.25, -0.2) is 0 Å². The molecule has 1 rings (SSSR count). The average Bonchev–Trinajstić information content (AvgIpc) is 2.21. The summed E-state index contributed by atoms with van der Waals surface area (Å²) in [5.74, 6) is -0.298. The lowest BCUT2D eigenvalue weighted by molar-refractivity contribution is -0.117. The summed E-state index contributed by atoms with van der Waals surface area (Å²) in [5.41, 5.74) is 5.98. The first-order valence-electron chi connectivity index (χ1n) is 4.66. The molecular formula is C10H11BrCl2N2O. The minimum atomic E-state index is -0.559. The van der Waals surface area contributed by atoms with Gasteiger partial charge in [0.15, 0.2) is 0 Å². The highest BCUT2D eigenvalue weighted by Gasteiger charge is 2.15. The van der Waals surface area contributed by atoms with E-state index in [1.807, 2.05) is 6.92 Å². The van der Waals surface area contributed by atoms with Gasteiger partial charge in [0.2, 0.25) is 5.91 Å². The van der Waals surface area contributed by atoms with E-state index >= 15 is 0 Å². The third-order valence-corrected chi connectivity index (χ3v) is 3.09. The van der Waals surface area contributed by atoms with Gasteiger partial charge in [0.1, 0.15) is 0 Å². The van der Waals surface area contributed by atoms with Crippen molar-refractivity contribution in [2.24, 2.45) is 5.73 Å². The van der Waals surface area contributed by atoms with Crippen molar-refractivity contribution >= 4 is 50.7 Å². The Morgan fingerprint density at radius 3 is 2.44 bits per heavy atom. The molecule has 3 N–H and O–H groups in total. The summed E-state index contributed by atoms with van der Waals surface area (Å²) in [6.07, 6.45) is 0.553. The number of hydrogen-bond acceptors (Lipinski definition) is 2. The number of nitrogens with one attached hydrogen (secondary N) is 1. The van der Waals surface area contributed by atoms with Gasteiger partial charge < -0.3 is 11.1 Å². The smallest absolute Gasteiger partial charge is 0.241 e. The SMILES string of the molecule is CC[C@H](N)C(=O)Nc1c(Cl)cc(Br)cc1Cl. The lowest BCUT2D eigenvalue weighted by atomic mass is 10.2. The van der Waals surface area contributed by atoms with E-state index in [-0.39, 0.29) is 5.91 Å². The second kappa shape index (κ2) is 5.87. The highest BCUT2D eigenvalue weighted by molar-refractivity contribution is 9.10. The maximum atomic E-state index is 11.6. The average molecular weight is 326 g/mol. The number of amides is 1. The van der Waals surface area contributed by atoms with Crippen LogP contribution in [0.2, 0.25) is 10.0 Å². The van der Waals surface area contributed by atoms with Gasteiger partial charge >= 0.3 is 0 Å². The number of benzene rings is 1. The van der Waals surface area contributed by atoms with Crippen LogP contribution in [0.25, 0.3) is 0 Å². The summed E-state index contributed by atoms with van der Waals surface area (Å²) >= 11 is 15.2. The summed E-state index contributed by atoms with van der Waals surface area (Å²) < 4.78 is 0.750. The molecule has 0 fully saturated rings. The van der Waals surface area contributed by atoms with Crippen LogP contribution in [-0.2, 0) is 4.79 Å². The van der Waals surface area contributed by atoms with Gasteiger partial charge in [0.05, 0.1) is 21.8 Å². The standard InChI is InChI=1S/C10H11BrCl2N2O/c1-2-8(14)10(16)15-9-6(12)3-5(11)4-7(9)13/h3-4,8H,2,14H2,1H3,(H,15,16)/t8-/m0/s1. The van der Waals surface area contributed by atoms with E-state index in [4.69, 9.17) is 28.9 Å². The second-order valence-corrected chi connectivity index (χ2v) is 4.98. The Labute approximate surface area is 112 Å². The maximum absolute atomic E-state index is 11.6. The summed E-state index contributed by atoms with van der Waals surface area (Å²) in [5, 5.41) is 3.35. The van der Waals surface area contributed by atoms with Crippen LogP contribution in [0.4, 0.5) is 5.69 Å². The molecule has 0 aliphatic rings. The number of hydrogen-bond donors (Lipinski definition) is 2. The Balaban J connectivity index is 2.93. The molecule has 16 heavy (non-hydrogen) atoms. The second-order valence-electron chi connectivity index (χ2n) is 3.25. The van der Waals surface area contributed by atoms with Crippen LogP contribution in [-0.4, -0.2) is 11.9 Å². The van der Waals surface area contributed by atoms with Crippen LogP contribution in [0.5, 0.6) is 0 Å². The Kier molecular flexibility index (Phi) is 5.05. The third kappa shape index (κ3) is 3.35. The van der Waals surface area contributed by atoms with Crippen LogP contribution in [0.3, 0.4) is 0 Å². The lowest BCUT2D eigenvalue weighted by Gasteiger charge is -2.13. The Hall–Kier alpha value is -0.290. The molecule has 0 saturated heterocycles. The zero-order valence-electron chi connectivity index (χ0n) is 8.56. The summed E-state index contributed by atoms with van der Waals surface area (Å²) in [4.78, 5) is 11.6. The first kappa shape index (κ1) is 13.8. The molecule has 0 unspecified atom stereocenters. The highest BCUT2D eigenvalue weighted by atomic mass is 79.9. The van der Waals surface area contributed by atoms with E-state index in [0.717, 1.165) is 4.47 Å². The number of nitrogens with two attached hydrogens (primary N) is 1. The quantitative estimate of drug-likeness (QED) is 0.894. The van der Waals surface area contributed by atoms with E-state index in [1.54, 1.807) is 12.1 Å². The molecular weight excluding hydrogens is 315 g/mol. The minimum absolute atomic E-state index is 0.298. The van der Waals surface area contributed by atoms with Gasteiger partial charge in [-0.3, -0.25) is 4.79 Å². The van der Waals surface area contributed by atoms with Crippen molar-refractivity contribution in [2.45, 2.75) is 19.4 Å². The highest BCUT2D eigenvalue weighted by Crippen LogP contribution is 2.33. The zero-order chi connectivity index (χ0) is 12.3. The Bertz CT molecular complexity index is 389. The molecule has 0 spiro atoms. The van der Waals surface area contributed by atoms with E-state index in [1.165, 1.54) is 0 Å². The molecule has 1 aromatic rings. The molecule has 1 amide bonds. The zero-order valence-corrected chi connectivity index (χ0v) is 11.7. The molecule has 88 valence electrons. The molecule has 0 bridgehead atoms. The largest absolute Gasteiger partial charge is 0.322 e. The molecule has 1 atom stereocenters. The number of halogens is 3. The van der Waals surface area contributed by atoms with Crippen molar-refractivity contribution in [1.29, 1.82) is 0 Å². The van der Waals surface area contributed by atoms with Gasteiger partial charge in [-0.2, -0.15) is 0 Å². The fourth-order valence-electron chi connectivity index (χ4n) is 1.06. The van der Waals surface area contributed by atoms with Crippen LogP contribution in [0.1, 0.15) is 13.3 Å². The van der Waals surface area contributed by atoms with Crippen LogP contribution >= 0.6 is 39.1 Å². The summed E-state index contributed by atoms with van der Waals surface area (Å²) in [6, 6.07) is 2.75. The van der Waals surface area contributed by atoms with Gasteiger partial charge in [-0.1, -0.05) is 46.1 Å². The molecule has 0 aliphatic heterocycles. The van der Waals surface area contributed by atoms with E-state index in [0.29, 0.717) is 22.2 Å². The maximum Gasteiger partial charge on any atom is 0.241 e. The van der Waals surface area contributed by atoms with Gasteiger partial charge in [0.25, 0.3) is 0 Å². The van der Waals surface area contributed by atoms with Crippen LogP contribution in [0.15, 0.2) is 16.6 Å². The van der Waals surface area contributed by atoms with Gasteiger partial charge in [-0.05, 0) is 18.6 Å². The van der Waals surface area contributed by atoms with E-state index < -0.39 is 6.04 Å². The molecule has 0 aromatic heterocycles. The Morgan fingerprint density at radius 1 is 1.50 bits per heavy atom. The van der Waals surface area contributed by atoms with Crippen LogP contribution < -0.4 is 11.1 Å². The lowest BCUT2D eigenvalue weighted by Crippen LogP contribution is -2.34. The predicted octanol–water partition coefficient (Wildman–Crippen LogP) is 3.43. The normalized spacial score (nSPS) is 12.3. The molecule has 3 nitrogen and oxygen atoms in total. The van der Waals surface area contributed by atoms with E-state index in [2.05, 4.69) is 21.2 Å². The van der Waals surface area contributed by atoms with Gasteiger partial charge in [0, 0.05) is 4.47 Å². The summed E-state index contributed by atoms with van der Waals surface area (Å²) in [6.45, 7) is 1.83. The van der Waals surface area contributed by atoms with Crippen molar-refractivity contribution in [3.8, 4) is 0 Å². The molecule has 0 radical (unpaired) electrons. The Morgan fingerprint density at radius 2 is 2.00 bits per heavy atom. The number of carbonyl (C=O) groups is 1. The fraction of sp³-hybridized carbons (Fsp3) is 0.300. The number of rotatable bonds is 3. The van der Waals surface area contributed by atoms with Crippen molar-refractivity contribution in [1.82, 2.24) is 0 Å². The monoisotopic (exact) mass is 324 g/mol. The van der Waals surface area contributed by atoms with Crippen molar-refractivity contribution in [3.63, 3.8) is 0 Å². The predicted molar refractivity (Wildman–Crippen MR) is 71.1 cm³/mol. The molecule has 6 heteroatoms. The third-order valence-electron chi connectivity index (χ3n) is 2.03. The molecule has 0 saturated carbocycles. The minimum Gasteiger partial charge on any atom is -0.322 e. The molecule has 0 aliphatic carbocycles.